The number of hydrogen-bond acceptors (Lipinski definition) is 1. The van der Waals surface area contributed by atoms with Gasteiger partial charge in [0, 0.05) is 17.6 Å². The zero-order valence-electron chi connectivity index (χ0n) is 7.13. The average Bonchev–Trinajstić information content (AvgIpc) is 2.53. The molecule has 2 rings (SSSR count). The molecule has 0 spiro atoms. The second-order valence-corrected chi connectivity index (χ2v) is 3.72. The van der Waals surface area contributed by atoms with Crippen molar-refractivity contribution in [2.45, 2.75) is 18.6 Å². The van der Waals surface area contributed by atoms with Crippen LogP contribution in [0.15, 0.2) is 24.3 Å². The van der Waals surface area contributed by atoms with Gasteiger partial charge < -0.3 is 5.32 Å². The number of rotatable bonds is 1. The fourth-order valence-corrected chi connectivity index (χ4v) is 1.95. The van der Waals surface area contributed by atoms with Crippen molar-refractivity contribution < 1.29 is 4.39 Å². The Morgan fingerprint density at radius 2 is 2.15 bits per heavy atom. The first-order chi connectivity index (χ1) is 6.27. The summed E-state index contributed by atoms with van der Waals surface area (Å²) >= 11 is 5.99. The molecule has 1 aliphatic rings. The monoisotopic (exact) mass is 199 g/mol. The number of alkyl halides is 1. The molecule has 1 heterocycles. The Morgan fingerprint density at radius 3 is 2.77 bits per heavy atom. The summed E-state index contributed by atoms with van der Waals surface area (Å²) in [4.78, 5) is 0. The van der Waals surface area contributed by atoms with Gasteiger partial charge in [-0.2, -0.15) is 0 Å². The minimum atomic E-state index is -0.735. The molecule has 1 aliphatic heterocycles. The average molecular weight is 200 g/mol. The fraction of sp³-hybridized carbons (Fsp3) is 0.400. The van der Waals surface area contributed by atoms with Crippen molar-refractivity contribution in [3.05, 3.63) is 34.9 Å². The molecule has 1 aromatic rings. The van der Waals surface area contributed by atoms with Crippen LogP contribution in [0.3, 0.4) is 0 Å². The standard InChI is InChI=1S/C10H11ClFN/c11-9-4-2-1-3-8(9)10-5-7(12)6-13-10/h1-4,7,10,13H,5-6H2. The number of benzene rings is 1. The van der Waals surface area contributed by atoms with Gasteiger partial charge in [-0.15, -0.1) is 0 Å². The quantitative estimate of drug-likeness (QED) is 0.734. The van der Waals surface area contributed by atoms with Gasteiger partial charge in [0.25, 0.3) is 0 Å². The highest BCUT2D eigenvalue weighted by atomic mass is 35.5. The van der Waals surface area contributed by atoms with Gasteiger partial charge >= 0.3 is 0 Å². The Morgan fingerprint density at radius 1 is 1.38 bits per heavy atom. The van der Waals surface area contributed by atoms with Gasteiger partial charge in [-0.05, 0) is 18.1 Å². The molecule has 0 radical (unpaired) electrons. The van der Waals surface area contributed by atoms with Crippen molar-refractivity contribution >= 4 is 11.6 Å². The SMILES string of the molecule is FC1CNC(c2ccccc2Cl)C1. The molecule has 0 saturated carbocycles. The molecule has 0 aromatic heterocycles. The van der Waals surface area contributed by atoms with E-state index in [0.717, 1.165) is 5.56 Å². The Kier molecular flexibility index (Phi) is 2.51. The van der Waals surface area contributed by atoms with Crippen LogP contribution in [0.25, 0.3) is 0 Å². The van der Waals surface area contributed by atoms with Crippen LogP contribution in [0.2, 0.25) is 5.02 Å². The van der Waals surface area contributed by atoms with Crippen LogP contribution in [0.5, 0.6) is 0 Å². The van der Waals surface area contributed by atoms with E-state index in [4.69, 9.17) is 11.6 Å². The van der Waals surface area contributed by atoms with Gasteiger partial charge in [-0.1, -0.05) is 29.8 Å². The van der Waals surface area contributed by atoms with E-state index in [1.807, 2.05) is 24.3 Å². The summed E-state index contributed by atoms with van der Waals surface area (Å²) in [5.74, 6) is 0. The lowest BCUT2D eigenvalue weighted by atomic mass is 10.1. The Hall–Kier alpha value is -0.600. The second-order valence-electron chi connectivity index (χ2n) is 3.32. The van der Waals surface area contributed by atoms with Gasteiger partial charge in [0.05, 0.1) is 0 Å². The lowest BCUT2D eigenvalue weighted by Crippen LogP contribution is -2.14. The molecule has 1 fully saturated rings. The van der Waals surface area contributed by atoms with Gasteiger partial charge in [-0.25, -0.2) is 4.39 Å². The maximum Gasteiger partial charge on any atom is 0.114 e. The van der Waals surface area contributed by atoms with E-state index in [2.05, 4.69) is 5.32 Å². The van der Waals surface area contributed by atoms with Crippen LogP contribution in [0.4, 0.5) is 4.39 Å². The predicted molar refractivity (Wildman–Crippen MR) is 51.7 cm³/mol. The van der Waals surface area contributed by atoms with E-state index in [1.165, 1.54) is 0 Å². The van der Waals surface area contributed by atoms with E-state index in [9.17, 15) is 4.39 Å². The van der Waals surface area contributed by atoms with Crippen molar-refractivity contribution in [2.24, 2.45) is 0 Å². The first kappa shape index (κ1) is 8.97. The highest BCUT2D eigenvalue weighted by Crippen LogP contribution is 2.29. The third-order valence-corrected chi connectivity index (χ3v) is 2.70. The van der Waals surface area contributed by atoms with Gasteiger partial charge in [0.1, 0.15) is 6.17 Å². The predicted octanol–water partition coefficient (Wildman–Crippen LogP) is 2.71. The zero-order chi connectivity index (χ0) is 9.26. The van der Waals surface area contributed by atoms with Gasteiger partial charge in [0.2, 0.25) is 0 Å². The number of halogens is 2. The fourth-order valence-electron chi connectivity index (χ4n) is 1.69. The molecule has 70 valence electrons. The largest absolute Gasteiger partial charge is 0.307 e. The van der Waals surface area contributed by atoms with Crippen LogP contribution in [0, 0.1) is 0 Å². The smallest absolute Gasteiger partial charge is 0.114 e. The van der Waals surface area contributed by atoms with Crippen LogP contribution in [-0.2, 0) is 0 Å². The second kappa shape index (κ2) is 3.64. The summed E-state index contributed by atoms with van der Waals surface area (Å²) < 4.78 is 12.9. The lowest BCUT2D eigenvalue weighted by molar-refractivity contribution is 0.356. The Balaban J connectivity index is 2.21. The normalized spacial score (nSPS) is 27.8. The third kappa shape index (κ3) is 1.84. The lowest BCUT2D eigenvalue weighted by Gasteiger charge is -2.11. The molecule has 1 nitrogen and oxygen atoms in total. The van der Waals surface area contributed by atoms with Crippen molar-refractivity contribution in [2.75, 3.05) is 6.54 Å². The zero-order valence-corrected chi connectivity index (χ0v) is 7.89. The van der Waals surface area contributed by atoms with Gasteiger partial charge in [-0.3, -0.25) is 0 Å². The molecule has 1 saturated heterocycles. The van der Waals surface area contributed by atoms with Crippen molar-refractivity contribution in [3.63, 3.8) is 0 Å². The molecule has 1 aromatic carbocycles. The minimum Gasteiger partial charge on any atom is -0.307 e. The van der Waals surface area contributed by atoms with Crippen molar-refractivity contribution in [1.82, 2.24) is 5.32 Å². The molecule has 1 N–H and O–H groups in total. The van der Waals surface area contributed by atoms with E-state index in [0.29, 0.717) is 18.0 Å². The molecular formula is C10H11ClFN. The maximum absolute atomic E-state index is 12.9. The first-order valence-electron chi connectivity index (χ1n) is 4.39. The van der Waals surface area contributed by atoms with Crippen LogP contribution >= 0.6 is 11.6 Å². The summed E-state index contributed by atoms with van der Waals surface area (Å²) in [6.07, 6.45) is -0.203. The van der Waals surface area contributed by atoms with Crippen LogP contribution in [-0.4, -0.2) is 12.7 Å². The van der Waals surface area contributed by atoms with Crippen molar-refractivity contribution in [1.29, 1.82) is 0 Å². The molecule has 13 heavy (non-hydrogen) atoms. The van der Waals surface area contributed by atoms with Crippen LogP contribution < -0.4 is 5.32 Å². The van der Waals surface area contributed by atoms with E-state index < -0.39 is 6.17 Å². The van der Waals surface area contributed by atoms with E-state index in [1.54, 1.807) is 0 Å². The molecule has 0 amide bonds. The summed E-state index contributed by atoms with van der Waals surface area (Å²) in [6.45, 7) is 0.440. The molecule has 0 bridgehead atoms. The van der Waals surface area contributed by atoms with Gasteiger partial charge in [0.15, 0.2) is 0 Å². The summed E-state index contributed by atoms with van der Waals surface area (Å²) in [5, 5.41) is 3.82. The van der Waals surface area contributed by atoms with Crippen LogP contribution in [0.1, 0.15) is 18.0 Å². The Labute approximate surface area is 81.9 Å². The minimum absolute atomic E-state index is 0.0868. The highest BCUT2D eigenvalue weighted by Gasteiger charge is 2.25. The molecular weight excluding hydrogens is 189 g/mol. The van der Waals surface area contributed by atoms with Crippen molar-refractivity contribution in [3.8, 4) is 0 Å². The molecule has 2 unspecified atom stereocenters. The summed E-state index contributed by atoms with van der Waals surface area (Å²) in [5.41, 5.74) is 1.00. The highest BCUT2D eigenvalue weighted by molar-refractivity contribution is 6.31. The topological polar surface area (TPSA) is 12.0 Å². The number of hydrogen-bond donors (Lipinski definition) is 1. The maximum atomic E-state index is 12.9. The molecule has 0 aliphatic carbocycles. The molecule has 3 heteroatoms. The molecule has 2 atom stereocenters. The first-order valence-corrected chi connectivity index (χ1v) is 4.77. The summed E-state index contributed by atoms with van der Waals surface area (Å²) in [6, 6.07) is 7.67. The number of nitrogens with one attached hydrogen (secondary N) is 1. The van der Waals surface area contributed by atoms with E-state index in [-0.39, 0.29) is 6.04 Å². The van der Waals surface area contributed by atoms with E-state index >= 15 is 0 Å². The summed E-state index contributed by atoms with van der Waals surface area (Å²) in [7, 11) is 0. The third-order valence-electron chi connectivity index (χ3n) is 2.36. The Bertz CT molecular complexity index is 303.